The maximum absolute atomic E-state index is 12.1. The second kappa shape index (κ2) is 7.07. The number of halogens is 1. The van der Waals surface area contributed by atoms with Gasteiger partial charge in [-0.15, -0.1) is 0 Å². The largest absolute Gasteiger partial charge is 0.383 e. The maximum atomic E-state index is 12.1. The third kappa shape index (κ3) is 4.33. The van der Waals surface area contributed by atoms with Crippen LogP contribution in [0.1, 0.15) is 29.4 Å². The predicted octanol–water partition coefficient (Wildman–Crippen LogP) is 1.55. The van der Waals surface area contributed by atoms with Crippen LogP contribution in [0.5, 0.6) is 0 Å². The van der Waals surface area contributed by atoms with Crippen LogP contribution >= 0.6 is 15.9 Å². The van der Waals surface area contributed by atoms with E-state index in [9.17, 15) is 4.79 Å². The fourth-order valence-corrected chi connectivity index (χ4v) is 2.37. The first kappa shape index (κ1) is 14.6. The van der Waals surface area contributed by atoms with E-state index in [1.54, 1.807) is 7.11 Å². The Morgan fingerprint density at radius 1 is 1.47 bits per heavy atom. The van der Waals surface area contributed by atoms with Crippen molar-refractivity contribution in [2.75, 3.05) is 33.4 Å². The van der Waals surface area contributed by atoms with E-state index in [1.807, 2.05) is 12.3 Å². The molecule has 0 radical (unpaired) electrons. The van der Waals surface area contributed by atoms with E-state index in [4.69, 9.17) is 4.74 Å². The number of hydrogen-bond acceptors (Lipinski definition) is 3. The molecule has 1 aliphatic carbocycles. The molecule has 1 aromatic heterocycles. The maximum Gasteiger partial charge on any atom is 0.268 e. The topological polar surface area (TPSA) is 55.3 Å². The molecule has 19 heavy (non-hydrogen) atoms. The first-order chi connectivity index (χ1) is 9.22. The molecule has 1 heterocycles. The van der Waals surface area contributed by atoms with Gasteiger partial charge in [-0.1, -0.05) is 0 Å². The number of hydrogen-bond donors (Lipinski definition) is 2. The molecule has 106 valence electrons. The number of aromatic nitrogens is 1. The van der Waals surface area contributed by atoms with Crippen LogP contribution in [-0.4, -0.2) is 43.8 Å². The lowest BCUT2D eigenvalue weighted by molar-refractivity contribution is 0.0944. The van der Waals surface area contributed by atoms with Crippen molar-refractivity contribution >= 4 is 21.8 Å². The molecule has 0 atom stereocenters. The Balaban J connectivity index is 1.76. The molecular weight excluding hydrogens is 310 g/mol. The van der Waals surface area contributed by atoms with Crippen molar-refractivity contribution in [1.29, 1.82) is 0 Å². The average molecular weight is 330 g/mol. The van der Waals surface area contributed by atoms with Gasteiger partial charge in [-0.25, -0.2) is 0 Å². The van der Waals surface area contributed by atoms with Gasteiger partial charge >= 0.3 is 0 Å². The Labute approximate surface area is 121 Å². The van der Waals surface area contributed by atoms with Crippen LogP contribution in [0.4, 0.5) is 0 Å². The van der Waals surface area contributed by atoms with Gasteiger partial charge in [0.05, 0.1) is 6.61 Å². The lowest BCUT2D eigenvalue weighted by atomic mass is 10.4. The van der Waals surface area contributed by atoms with E-state index in [1.165, 1.54) is 12.8 Å². The van der Waals surface area contributed by atoms with Gasteiger partial charge in [-0.3, -0.25) is 4.79 Å². The summed E-state index contributed by atoms with van der Waals surface area (Å²) in [6.07, 6.45) is 4.32. The molecule has 0 saturated heterocycles. The number of nitrogens with zero attached hydrogens (tertiary/aromatic N) is 1. The summed E-state index contributed by atoms with van der Waals surface area (Å²) in [4.78, 5) is 12.1. The van der Waals surface area contributed by atoms with Crippen LogP contribution in [0.3, 0.4) is 0 Å². The Kier molecular flexibility index (Phi) is 5.42. The molecule has 0 aromatic carbocycles. The van der Waals surface area contributed by atoms with Gasteiger partial charge in [-0.05, 0) is 34.8 Å². The Morgan fingerprint density at radius 3 is 2.95 bits per heavy atom. The van der Waals surface area contributed by atoms with Crippen LogP contribution in [0.25, 0.3) is 0 Å². The fourth-order valence-electron chi connectivity index (χ4n) is 1.94. The van der Waals surface area contributed by atoms with Crippen molar-refractivity contribution < 1.29 is 9.53 Å². The van der Waals surface area contributed by atoms with Gasteiger partial charge in [0.15, 0.2) is 0 Å². The predicted molar refractivity (Wildman–Crippen MR) is 77.5 cm³/mol. The molecule has 0 unspecified atom stereocenters. The van der Waals surface area contributed by atoms with Gasteiger partial charge in [0.1, 0.15) is 5.69 Å². The third-order valence-electron chi connectivity index (χ3n) is 3.06. The van der Waals surface area contributed by atoms with Gasteiger partial charge in [0.25, 0.3) is 5.91 Å². The number of amides is 1. The molecule has 1 aliphatic rings. The van der Waals surface area contributed by atoms with Crippen molar-refractivity contribution in [2.24, 2.45) is 0 Å². The van der Waals surface area contributed by atoms with Crippen molar-refractivity contribution in [3.63, 3.8) is 0 Å². The minimum atomic E-state index is -0.00820. The molecule has 2 rings (SSSR count). The molecule has 1 saturated carbocycles. The molecule has 6 heteroatoms. The lowest BCUT2D eigenvalue weighted by Gasteiger charge is -2.09. The number of carbonyl (C=O) groups excluding carboxylic acids is 1. The highest BCUT2D eigenvalue weighted by atomic mass is 79.9. The minimum Gasteiger partial charge on any atom is -0.383 e. The van der Waals surface area contributed by atoms with Gasteiger partial charge in [0, 0.05) is 43.5 Å². The van der Waals surface area contributed by atoms with Gasteiger partial charge in [0.2, 0.25) is 0 Å². The smallest absolute Gasteiger partial charge is 0.268 e. The van der Waals surface area contributed by atoms with E-state index in [-0.39, 0.29) is 5.91 Å². The molecule has 1 aromatic rings. The van der Waals surface area contributed by atoms with Crippen LogP contribution in [0.2, 0.25) is 0 Å². The second-order valence-corrected chi connectivity index (χ2v) is 5.60. The Bertz CT molecular complexity index is 430. The standard InChI is InChI=1S/C13H20BrN3O2/c1-19-7-6-15-4-5-16-13(18)12-8-10(14)9-17(12)11-2-3-11/h8-9,11,15H,2-7H2,1H3,(H,16,18). The average Bonchev–Trinajstić information content (AvgIpc) is 3.16. The van der Waals surface area contributed by atoms with Crippen LogP contribution in [-0.2, 0) is 4.74 Å². The number of rotatable bonds is 8. The third-order valence-corrected chi connectivity index (χ3v) is 3.49. The van der Waals surface area contributed by atoms with Crippen molar-refractivity contribution in [2.45, 2.75) is 18.9 Å². The summed E-state index contributed by atoms with van der Waals surface area (Å²) in [5.74, 6) is -0.00820. The molecule has 2 N–H and O–H groups in total. The van der Waals surface area contributed by atoms with E-state index in [0.29, 0.717) is 19.2 Å². The van der Waals surface area contributed by atoms with Crippen molar-refractivity contribution in [3.8, 4) is 0 Å². The highest BCUT2D eigenvalue weighted by molar-refractivity contribution is 9.10. The Hall–Kier alpha value is -0.850. The minimum absolute atomic E-state index is 0.00820. The molecule has 0 spiro atoms. The first-order valence-electron chi connectivity index (χ1n) is 6.57. The summed E-state index contributed by atoms with van der Waals surface area (Å²) >= 11 is 3.43. The van der Waals surface area contributed by atoms with Gasteiger partial charge < -0.3 is 19.9 Å². The number of ether oxygens (including phenoxy) is 1. The van der Waals surface area contributed by atoms with E-state index in [0.717, 1.165) is 23.3 Å². The van der Waals surface area contributed by atoms with E-state index >= 15 is 0 Å². The number of methoxy groups -OCH3 is 1. The summed E-state index contributed by atoms with van der Waals surface area (Å²) < 4.78 is 7.96. The quantitative estimate of drug-likeness (QED) is 0.711. The highest BCUT2D eigenvalue weighted by Crippen LogP contribution is 2.37. The molecule has 1 amide bonds. The molecule has 0 aliphatic heterocycles. The van der Waals surface area contributed by atoms with E-state index < -0.39 is 0 Å². The summed E-state index contributed by atoms with van der Waals surface area (Å²) in [7, 11) is 1.67. The Morgan fingerprint density at radius 2 is 2.26 bits per heavy atom. The SMILES string of the molecule is COCCNCCNC(=O)c1cc(Br)cn1C1CC1. The summed E-state index contributed by atoms with van der Waals surface area (Å²) in [6, 6.07) is 2.39. The summed E-state index contributed by atoms with van der Waals surface area (Å²) in [5.41, 5.74) is 0.742. The van der Waals surface area contributed by atoms with Crippen molar-refractivity contribution in [1.82, 2.24) is 15.2 Å². The van der Waals surface area contributed by atoms with Crippen molar-refractivity contribution in [3.05, 3.63) is 22.4 Å². The molecular formula is C13H20BrN3O2. The van der Waals surface area contributed by atoms with Crippen LogP contribution < -0.4 is 10.6 Å². The fraction of sp³-hybridized carbons (Fsp3) is 0.615. The normalized spacial score (nSPS) is 14.6. The molecule has 0 bridgehead atoms. The second-order valence-electron chi connectivity index (χ2n) is 4.68. The summed E-state index contributed by atoms with van der Waals surface area (Å²) in [5, 5.41) is 6.12. The first-order valence-corrected chi connectivity index (χ1v) is 7.37. The number of nitrogens with one attached hydrogen (secondary N) is 2. The van der Waals surface area contributed by atoms with Crippen LogP contribution in [0.15, 0.2) is 16.7 Å². The number of carbonyl (C=O) groups is 1. The lowest BCUT2D eigenvalue weighted by Crippen LogP contribution is -2.33. The molecule has 1 fully saturated rings. The monoisotopic (exact) mass is 329 g/mol. The van der Waals surface area contributed by atoms with Crippen LogP contribution in [0, 0.1) is 0 Å². The summed E-state index contributed by atoms with van der Waals surface area (Å²) in [6.45, 7) is 2.86. The van der Waals surface area contributed by atoms with Gasteiger partial charge in [-0.2, -0.15) is 0 Å². The zero-order chi connectivity index (χ0) is 13.7. The highest BCUT2D eigenvalue weighted by Gasteiger charge is 2.27. The zero-order valence-electron chi connectivity index (χ0n) is 11.1. The van der Waals surface area contributed by atoms with E-state index in [2.05, 4.69) is 31.1 Å². The zero-order valence-corrected chi connectivity index (χ0v) is 12.7. The molecule has 5 nitrogen and oxygen atoms in total.